The van der Waals surface area contributed by atoms with E-state index in [0.29, 0.717) is 49.7 Å². The number of hydrogen-bond donors (Lipinski definition) is 0. The lowest BCUT2D eigenvalue weighted by molar-refractivity contribution is -0.929. The van der Waals surface area contributed by atoms with Crippen LogP contribution in [0.5, 0.6) is 0 Å². The lowest BCUT2D eigenvalue weighted by Crippen LogP contribution is -3.00. The number of hydrogen-bond acceptors (Lipinski definition) is 4. The summed E-state index contributed by atoms with van der Waals surface area (Å²) in [6.45, 7) is 17.7. The van der Waals surface area contributed by atoms with Crippen LogP contribution in [0.1, 0.15) is 130 Å². The summed E-state index contributed by atoms with van der Waals surface area (Å²) in [5.41, 5.74) is 0. The van der Waals surface area contributed by atoms with Gasteiger partial charge >= 0.3 is 11.9 Å². The van der Waals surface area contributed by atoms with Crippen LogP contribution in [0.2, 0.25) is 0 Å². The fourth-order valence-corrected chi connectivity index (χ4v) is 9.53. The summed E-state index contributed by atoms with van der Waals surface area (Å²) < 4.78 is 14.1. The summed E-state index contributed by atoms with van der Waals surface area (Å²) in [7, 11) is 0. The maximum absolute atomic E-state index is 12.1. The van der Waals surface area contributed by atoms with Gasteiger partial charge in [0, 0.05) is 51.4 Å². The SMILES string of the molecule is CC(C)CC(=O)OC[C@@H]1CC[N+]2(CCCCCCCCCC[N+]34CCC[C@@H]3[C@H](COC(=O)CC(C)C)CC4)CCC[C@H]12.[Br-].[Br-]. The summed E-state index contributed by atoms with van der Waals surface area (Å²) in [4.78, 5) is 24.2. The molecule has 0 saturated carbocycles. The molecule has 4 saturated heterocycles. The van der Waals surface area contributed by atoms with E-state index in [0.717, 1.165) is 12.1 Å². The maximum Gasteiger partial charge on any atom is 0.306 e. The molecule has 2 unspecified atom stereocenters. The number of halogens is 2. The minimum absolute atomic E-state index is 0. The van der Waals surface area contributed by atoms with Crippen molar-refractivity contribution in [1.82, 2.24) is 0 Å². The van der Waals surface area contributed by atoms with Crippen LogP contribution in [0, 0.1) is 23.7 Å². The lowest BCUT2D eigenvalue weighted by atomic mass is 9.99. The van der Waals surface area contributed by atoms with E-state index in [-0.39, 0.29) is 45.9 Å². The highest BCUT2D eigenvalue weighted by Gasteiger charge is 2.52. The normalized spacial score (nSPS) is 30.6. The Morgan fingerprint density at radius 3 is 1.30 bits per heavy atom. The molecule has 0 bridgehead atoms. The molecule has 0 spiro atoms. The molecule has 0 amide bonds. The van der Waals surface area contributed by atoms with Gasteiger partial charge in [0.05, 0.1) is 76.4 Å². The Bertz CT molecular complexity index is 790. The van der Waals surface area contributed by atoms with Gasteiger partial charge in [-0.3, -0.25) is 9.59 Å². The first-order chi connectivity index (χ1) is 20.2. The Balaban J connectivity index is 0.00000337. The molecule has 0 aromatic heterocycles. The molecule has 4 fully saturated rings. The molecule has 0 aromatic rings. The maximum atomic E-state index is 12.1. The Kier molecular flexibility index (Phi) is 17.8. The van der Waals surface area contributed by atoms with Gasteiger partial charge in [0.2, 0.25) is 0 Å². The van der Waals surface area contributed by atoms with Crippen molar-refractivity contribution in [3.05, 3.63) is 0 Å². The fraction of sp³-hybridized carbons (Fsp3) is 0.944. The van der Waals surface area contributed by atoms with E-state index >= 15 is 0 Å². The monoisotopic (exact) mass is 748 g/mol. The van der Waals surface area contributed by atoms with Crippen LogP contribution < -0.4 is 34.0 Å². The van der Waals surface area contributed by atoms with E-state index in [9.17, 15) is 9.59 Å². The highest BCUT2D eigenvalue weighted by atomic mass is 79.9. The predicted molar refractivity (Wildman–Crippen MR) is 170 cm³/mol. The van der Waals surface area contributed by atoms with Crippen LogP contribution >= 0.6 is 0 Å². The molecule has 4 heterocycles. The number of carbonyl (C=O) groups excluding carboxylic acids is 2. The van der Waals surface area contributed by atoms with Crippen molar-refractivity contribution < 1.29 is 62.0 Å². The molecule has 258 valence electrons. The van der Waals surface area contributed by atoms with E-state index < -0.39 is 0 Å². The summed E-state index contributed by atoms with van der Waals surface area (Å²) in [5.74, 6) is 1.93. The molecular formula is C36H66Br2N2O4. The van der Waals surface area contributed by atoms with Gasteiger partial charge in [0.15, 0.2) is 0 Å². The van der Waals surface area contributed by atoms with E-state index in [1.165, 1.54) is 138 Å². The van der Waals surface area contributed by atoms with Crippen molar-refractivity contribution in [2.75, 3.05) is 52.5 Å². The Labute approximate surface area is 291 Å². The summed E-state index contributed by atoms with van der Waals surface area (Å²) in [5, 5.41) is 0. The third-order valence-corrected chi connectivity index (χ3v) is 11.6. The fourth-order valence-electron chi connectivity index (χ4n) is 9.53. The molecule has 8 heteroatoms. The standard InChI is InChI=1S/C36H66N2O4.2BrH/c1-29(2)25-35(39)41-27-31-17-23-37(21-13-15-33(31)37)19-11-9-7-5-6-8-10-12-20-38-22-14-16-34(38)32(18-24-38)28-42-36(40)26-30(3)4;;/h29-34H,5-28H2,1-4H3;2*1H/q+2;;/p-2/t31-,32-,33+,34+,37?,38?;;/m0../s1. The van der Waals surface area contributed by atoms with Gasteiger partial charge in [0.1, 0.15) is 0 Å². The molecule has 0 N–H and O–H groups in total. The zero-order valence-corrected chi connectivity index (χ0v) is 31.9. The number of esters is 2. The minimum Gasteiger partial charge on any atom is -1.00 e. The van der Waals surface area contributed by atoms with Gasteiger partial charge < -0.3 is 52.4 Å². The van der Waals surface area contributed by atoms with Crippen molar-refractivity contribution in [3.63, 3.8) is 0 Å². The second-order valence-corrected chi connectivity index (χ2v) is 15.7. The number of fused-ring (bicyclic) bond motifs is 2. The second-order valence-electron chi connectivity index (χ2n) is 15.7. The summed E-state index contributed by atoms with van der Waals surface area (Å²) in [6, 6.07) is 1.48. The smallest absolute Gasteiger partial charge is 0.306 e. The highest BCUT2D eigenvalue weighted by molar-refractivity contribution is 5.69. The third-order valence-electron chi connectivity index (χ3n) is 11.6. The Hall–Kier alpha value is -0.180. The van der Waals surface area contributed by atoms with Crippen LogP contribution in [-0.4, -0.2) is 85.5 Å². The van der Waals surface area contributed by atoms with E-state index in [1.807, 2.05) is 0 Å². The van der Waals surface area contributed by atoms with Gasteiger partial charge in [-0.2, -0.15) is 0 Å². The number of ether oxygens (including phenoxy) is 2. The van der Waals surface area contributed by atoms with Gasteiger partial charge in [-0.1, -0.05) is 53.4 Å². The zero-order valence-electron chi connectivity index (χ0n) is 28.7. The van der Waals surface area contributed by atoms with Gasteiger partial charge in [0.25, 0.3) is 0 Å². The average Bonchev–Trinajstić information content (AvgIpc) is 3.67. The number of rotatable bonds is 19. The van der Waals surface area contributed by atoms with Crippen molar-refractivity contribution in [2.24, 2.45) is 23.7 Å². The zero-order chi connectivity index (χ0) is 30.0. The van der Waals surface area contributed by atoms with Gasteiger partial charge in [-0.25, -0.2) is 0 Å². The van der Waals surface area contributed by atoms with Crippen LogP contribution in [0.4, 0.5) is 0 Å². The Morgan fingerprint density at radius 2 is 0.932 bits per heavy atom. The van der Waals surface area contributed by atoms with Crippen molar-refractivity contribution in [3.8, 4) is 0 Å². The minimum atomic E-state index is -0.00148. The van der Waals surface area contributed by atoms with Crippen LogP contribution in [0.15, 0.2) is 0 Å². The topological polar surface area (TPSA) is 52.6 Å². The second kappa shape index (κ2) is 19.6. The summed E-state index contributed by atoms with van der Waals surface area (Å²) in [6.07, 6.45) is 20.0. The first-order valence-electron chi connectivity index (χ1n) is 18.3. The van der Waals surface area contributed by atoms with Crippen molar-refractivity contribution in [2.45, 2.75) is 143 Å². The molecule has 44 heavy (non-hydrogen) atoms. The molecule has 0 aliphatic carbocycles. The first-order valence-corrected chi connectivity index (χ1v) is 18.3. The predicted octanol–water partition coefficient (Wildman–Crippen LogP) is 1.29. The van der Waals surface area contributed by atoms with Crippen molar-refractivity contribution in [1.29, 1.82) is 0 Å². The lowest BCUT2D eigenvalue weighted by Gasteiger charge is -2.36. The van der Waals surface area contributed by atoms with Crippen molar-refractivity contribution >= 4 is 11.9 Å². The molecule has 0 radical (unpaired) electrons. The summed E-state index contributed by atoms with van der Waals surface area (Å²) >= 11 is 0. The molecule has 6 nitrogen and oxygen atoms in total. The largest absolute Gasteiger partial charge is 1.00 e. The third kappa shape index (κ3) is 11.2. The quantitative estimate of drug-likeness (QED) is 0.114. The van der Waals surface area contributed by atoms with Crippen LogP contribution in [-0.2, 0) is 19.1 Å². The highest BCUT2D eigenvalue weighted by Crippen LogP contribution is 2.42. The molecule has 4 aliphatic rings. The first kappa shape index (κ1) is 40.0. The Morgan fingerprint density at radius 1 is 0.568 bits per heavy atom. The van der Waals surface area contributed by atoms with Gasteiger partial charge in [-0.05, 0) is 37.5 Å². The van der Waals surface area contributed by atoms with E-state index in [4.69, 9.17) is 9.47 Å². The molecule has 4 rings (SSSR count). The molecule has 4 aliphatic heterocycles. The van der Waals surface area contributed by atoms with Crippen LogP contribution in [0.25, 0.3) is 0 Å². The van der Waals surface area contributed by atoms with Gasteiger partial charge in [-0.15, -0.1) is 0 Å². The number of quaternary nitrogens is 2. The number of nitrogens with zero attached hydrogens (tertiary/aromatic N) is 2. The average molecular weight is 751 g/mol. The van der Waals surface area contributed by atoms with E-state index in [2.05, 4.69) is 27.7 Å². The number of carbonyl (C=O) groups is 2. The molecular weight excluding hydrogens is 684 g/mol. The molecule has 6 atom stereocenters. The van der Waals surface area contributed by atoms with Crippen LogP contribution in [0.3, 0.4) is 0 Å². The number of unbranched alkanes of at least 4 members (excludes halogenated alkanes) is 7. The van der Waals surface area contributed by atoms with E-state index in [1.54, 1.807) is 0 Å². The molecule has 0 aromatic carbocycles.